The van der Waals surface area contributed by atoms with Crippen LogP contribution in [0.1, 0.15) is 0 Å². The van der Waals surface area contributed by atoms with Gasteiger partial charge >= 0.3 is 0 Å². The Balaban J connectivity index is 0.000000143. The zero-order valence-electron chi connectivity index (χ0n) is 75.3. The minimum Gasteiger partial charge on any atom is -0.454 e. The highest BCUT2D eigenvalue weighted by Crippen LogP contribution is 2.49. The smallest absolute Gasteiger partial charge is 0.159 e. The Kier molecular flexibility index (Phi) is 19.9. The lowest BCUT2D eigenvalue weighted by atomic mass is 9.97. The average molecular weight is 1760 g/mol. The largest absolute Gasteiger partial charge is 0.454 e. The van der Waals surface area contributed by atoms with Crippen LogP contribution in [0.2, 0.25) is 0 Å². The van der Waals surface area contributed by atoms with Crippen LogP contribution in [-0.2, 0) is 0 Å². The van der Waals surface area contributed by atoms with Crippen molar-refractivity contribution in [1.29, 1.82) is 0 Å². The predicted molar refractivity (Wildman–Crippen MR) is 581 cm³/mol. The number of benzene rings is 23. The molecule has 0 fully saturated rings. The number of aromatic nitrogens is 2. The van der Waals surface area contributed by atoms with Crippen LogP contribution in [0.4, 0.5) is 34.1 Å². The summed E-state index contributed by atoms with van der Waals surface area (Å²) in [5.74, 6) is 0. The summed E-state index contributed by atoms with van der Waals surface area (Å²) in [6, 6.07) is 188. The summed E-state index contributed by atoms with van der Waals surface area (Å²) in [6.45, 7) is 0. The van der Waals surface area contributed by atoms with E-state index in [-0.39, 0.29) is 0 Å². The quantitative estimate of drug-likeness (QED) is 0.0967. The third kappa shape index (κ3) is 14.3. The van der Waals surface area contributed by atoms with Crippen molar-refractivity contribution in [2.45, 2.75) is 0 Å². The first-order valence-electron chi connectivity index (χ1n) is 47.2. The molecule has 6 heteroatoms. The molecule has 0 N–H and O–H groups in total. The molecule has 0 aliphatic rings. The molecule has 138 heavy (non-hydrogen) atoms. The molecule has 0 spiro atoms. The molecule has 0 saturated carbocycles. The molecule has 646 valence electrons. The molecule has 27 rings (SSSR count). The minimum absolute atomic E-state index is 0.860. The number of hydrogen-bond acceptors (Lipinski definition) is 4. The van der Waals surface area contributed by atoms with Crippen molar-refractivity contribution in [3.8, 4) is 100 Å². The SMILES string of the molecule is c1ccc(-c2ccc(N(c3ccc(-c4ccc(-c5ccc(-c6cccc7c8ccccc8n(-c8ccccc8)c67)cc5)cc4)cc3)c3cccc4c3oc3ccc5ccccc5c34)cc2)cc1.c1ccc(-n2c3ccccc3c3cc(-c4ccc(-c5ccc(-c6ccc(N(c7ccc(-c8ccc9ccccc9c8)cc7)c7cccc8c7oc7ccc9ccccc9c78)cc6)cc5)cc4)ccc32)cc1. The Morgan fingerprint density at radius 2 is 0.464 bits per heavy atom. The molecule has 0 atom stereocenters. The van der Waals surface area contributed by atoms with Crippen molar-refractivity contribution in [3.63, 3.8) is 0 Å². The Hall–Kier alpha value is -18.4. The zero-order valence-corrected chi connectivity index (χ0v) is 75.3. The number of para-hydroxylation sites is 7. The topological polar surface area (TPSA) is 42.6 Å². The van der Waals surface area contributed by atoms with Gasteiger partial charge in [0.2, 0.25) is 0 Å². The first kappa shape index (κ1) is 80.5. The lowest BCUT2D eigenvalue weighted by Crippen LogP contribution is -2.10. The summed E-state index contributed by atoms with van der Waals surface area (Å²) >= 11 is 0. The van der Waals surface area contributed by atoms with E-state index in [0.29, 0.717) is 0 Å². The van der Waals surface area contributed by atoms with E-state index in [9.17, 15) is 0 Å². The molecule has 23 aromatic carbocycles. The number of furan rings is 2. The molecule has 0 unspecified atom stereocenters. The summed E-state index contributed by atoms with van der Waals surface area (Å²) < 4.78 is 18.4. The van der Waals surface area contributed by atoms with Gasteiger partial charge < -0.3 is 27.8 Å². The zero-order chi connectivity index (χ0) is 91.1. The first-order valence-corrected chi connectivity index (χ1v) is 47.2. The van der Waals surface area contributed by atoms with Crippen LogP contribution in [0, 0.1) is 0 Å². The van der Waals surface area contributed by atoms with Gasteiger partial charge in [-0.05, 0) is 243 Å². The highest BCUT2D eigenvalue weighted by molar-refractivity contribution is 6.23. The lowest BCUT2D eigenvalue weighted by Gasteiger charge is -2.26. The van der Waals surface area contributed by atoms with Crippen LogP contribution < -0.4 is 9.80 Å². The molecular weight excluding hydrogens is 1670 g/mol. The van der Waals surface area contributed by atoms with Crippen LogP contribution in [0.5, 0.6) is 0 Å². The van der Waals surface area contributed by atoms with E-state index in [1.807, 2.05) is 0 Å². The molecule has 0 amide bonds. The maximum atomic E-state index is 6.82. The van der Waals surface area contributed by atoms with Gasteiger partial charge in [-0.1, -0.05) is 394 Å². The molecular formula is C132H86N4O2. The number of anilines is 6. The molecule has 27 aromatic rings. The fourth-order valence-corrected chi connectivity index (χ4v) is 21.0. The number of nitrogens with zero attached hydrogens (tertiary/aromatic N) is 4. The van der Waals surface area contributed by atoms with Crippen molar-refractivity contribution in [1.82, 2.24) is 9.13 Å². The lowest BCUT2D eigenvalue weighted by molar-refractivity contribution is 0.669. The van der Waals surface area contributed by atoms with Crippen LogP contribution in [-0.4, -0.2) is 9.13 Å². The van der Waals surface area contributed by atoms with Crippen LogP contribution >= 0.6 is 0 Å². The monoisotopic (exact) mass is 1760 g/mol. The average Bonchev–Trinajstić information content (AvgIpc) is 1.59. The van der Waals surface area contributed by atoms with Crippen molar-refractivity contribution < 1.29 is 8.83 Å². The number of rotatable bonds is 16. The maximum absolute atomic E-state index is 6.82. The van der Waals surface area contributed by atoms with Gasteiger partial charge in [0.25, 0.3) is 0 Å². The Labute approximate surface area is 798 Å². The Morgan fingerprint density at radius 1 is 0.167 bits per heavy atom. The van der Waals surface area contributed by atoms with Crippen LogP contribution in [0.25, 0.3) is 220 Å². The standard InChI is InChI=1S/C68H44N2O.C64H42N2O/c1-2-14-56(15-3-1)70-63-19-9-8-17-60(63)62-44-55(35-41-64(62)70)50-27-25-47(26-28-50)46-21-23-48(24-22-46)49-31-37-57(38-32-49)69(58-39-33-51(34-40-58)54-30-29-45-11-4-5-13-53(45)43-54)65-20-10-18-61-67-59-16-7-6-12-52(59)36-42-66(67)71-68(61)65;1-3-13-43(14-4-1)47-33-38-52(39-34-47)65(60-24-12-22-58-62-54-18-8-7-15-49(54)37-42-61(62)67-64(58)60)53-40-35-48(36-41-53)45-27-25-44(26-28-45)46-29-31-50(32-30-46)55-20-11-21-57-56-19-9-10-23-59(56)66(63(55)57)51-16-5-2-6-17-51/h1-44H;1-42H. The second kappa shape index (κ2) is 34.0. The summed E-state index contributed by atoms with van der Waals surface area (Å²) in [6.07, 6.45) is 0. The third-order valence-electron chi connectivity index (χ3n) is 27.8. The second-order valence-electron chi connectivity index (χ2n) is 35.7. The second-order valence-corrected chi connectivity index (χ2v) is 35.7. The van der Waals surface area contributed by atoms with Crippen molar-refractivity contribution in [2.24, 2.45) is 0 Å². The normalized spacial score (nSPS) is 11.6. The van der Waals surface area contributed by atoms with Crippen molar-refractivity contribution in [2.75, 3.05) is 9.80 Å². The van der Waals surface area contributed by atoms with Gasteiger partial charge in [0.05, 0.1) is 33.4 Å². The van der Waals surface area contributed by atoms with Crippen LogP contribution in [0.15, 0.2) is 531 Å². The summed E-state index contributed by atoms with van der Waals surface area (Å²) in [4.78, 5) is 4.65. The van der Waals surface area contributed by atoms with E-state index in [4.69, 9.17) is 8.83 Å². The highest BCUT2D eigenvalue weighted by Gasteiger charge is 2.26. The predicted octanol–water partition coefficient (Wildman–Crippen LogP) is 37.1. The summed E-state index contributed by atoms with van der Waals surface area (Å²) in [5.41, 5.74) is 35.8. The van der Waals surface area contributed by atoms with Gasteiger partial charge in [-0.15, -0.1) is 0 Å². The highest BCUT2D eigenvalue weighted by atomic mass is 16.3. The van der Waals surface area contributed by atoms with Gasteiger partial charge in [-0.25, -0.2) is 0 Å². The number of fused-ring (bicyclic) bond motifs is 17. The molecule has 0 radical (unpaired) electrons. The first-order chi connectivity index (χ1) is 68.4. The number of hydrogen-bond donors (Lipinski definition) is 0. The van der Waals surface area contributed by atoms with Gasteiger partial charge in [0.15, 0.2) is 11.2 Å². The molecule has 0 bridgehead atoms. The van der Waals surface area contributed by atoms with E-state index >= 15 is 0 Å². The van der Waals surface area contributed by atoms with E-state index < -0.39 is 0 Å². The maximum Gasteiger partial charge on any atom is 0.159 e. The summed E-state index contributed by atoms with van der Waals surface area (Å²) in [5, 5.41) is 16.8. The molecule has 6 nitrogen and oxygen atoms in total. The third-order valence-corrected chi connectivity index (χ3v) is 27.8. The molecule has 0 aliphatic heterocycles. The van der Waals surface area contributed by atoms with E-state index in [0.717, 1.165) is 106 Å². The van der Waals surface area contributed by atoms with Crippen molar-refractivity contribution >= 4 is 154 Å². The van der Waals surface area contributed by atoms with E-state index in [2.05, 4.69) is 541 Å². The van der Waals surface area contributed by atoms with E-state index in [1.165, 1.54) is 148 Å². The molecule has 4 aromatic heterocycles. The molecule has 0 aliphatic carbocycles. The van der Waals surface area contributed by atoms with Crippen molar-refractivity contribution in [3.05, 3.63) is 522 Å². The minimum atomic E-state index is 0.860. The fourth-order valence-electron chi connectivity index (χ4n) is 21.0. The van der Waals surface area contributed by atoms with Gasteiger partial charge in [0.1, 0.15) is 11.2 Å². The Morgan fingerprint density at radius 3 is 0.920 bits per heavy atom. The Bertz CT molecular complexity index is 9310. The van der Waals surface area contributed by atoms with Gasteiger partial charge in [0, 0.05) is 82.8 Å². The molecule has 4 heterocycles. The summed E-state index contributed by atoms with van der Waals surface area (Å²) in [7, 11) is 0. The van der Waals surface area contributed by atoms with Gasteiger partial charge in [-0.3, -0.25) is 0 Å². The van der Waals surface area contributed by atoms with Crippen LogP contribution in [0.3, 0.4) is 0 Å². The fraction of sp³-hybridized carbons (Fsp3) is 0. The van der Waals surface area contributed by atoms with Gasteiger partial charge in [-0.2, -0.15) is 0 Å². The molecule has 0 saturated heterocycles. The van der Waals surface area contributed by atoms with E-state index in [1.54, 1.807) is 0 Å².